The molecule has 1 saturated heterocycles. The molecule has 2 aliphatic rings. The Morgan fingerprint density at radius 2 is 1.66 bits per heavy atom. The van der Waals surface area contributed by atoms with Crippen molar-refractivity contribution in [2.75, 3.05) is 18.1 Å². The Kier molecular flexibility index (Phi) is 8.00. The fourth-order valence-corrected chi connectivity index (χ4v) is 6.36. The van der Waals surface area contributed by atoms with Gasteiger partial charge in [0.1, 0.15) is 12.6 Å². The van der Waals surface area contributed by atoms with Gasteiger partial charge in [-0.05, 0) is 53.0 Å². The summed E-state index contributed by atoms with van der Waals surface area (Å²) < 4.78 is 5.62. The molecular weight excluding hydrogens is 464 g/mol. The van der Waals surface area contributed by atoms with Gasteiger partial charge in [-0.3, -0.25) is 9.59 Å². The largest absolute Gasteiger partial charge is 0.481 e. The maximum atomic E-state index is 13.1. The van der Waals surface area contributed by atoms with E-state index < -0.39 is 23.6 Å². The Morgan fingerprint density at radius 3 is 2.23 bits per heavy atom. The number of nitrogens with one attached hydrogen (secondary N) is 2. The van der Waals surface area contributed by atoms with Gasteiger partial charge >= 0.3 is 12.1 Å². The molecule has 0 radical (unpaired) electrons. The van der Waals surface area contributed by atoms with Crippen LogP contribution in [0.25, 0.3) is 11.1 Å². The van der Waals surface area contributed by atoms with E-state index in [-0.39, 0.29) is 24.9 Å². The Labute approximate surface area is 210 Å². The summed E-state index contributed by atoms with van der Waals surface area (Å²) in [5.41, 5.74) is 3.76. The average Bonchev–Trinajstić information content (AvgIpc) is 3.16. The maximum Gasteiger partial charge on any atom is 0.407 e. The van der Waals surface area contributed by atoms with E-state index in [9.17, 15) is 19.5 Å². The van der Waals surface area contributed by atoms with Crippen molar-refractivity contribution in [2.24, 2.45) is 0 Å². The molecule has 1 atom stereocenters. The summed E-state index contributed by atoms with van der Waals surface area (Å²) in [6, 6.07) is 15.4. The number of thioether (sulfide) groups is 1. The third kappa shape index (κ3) is 5.81. The summed E-state index contributed by atoms with van der Waals surface area (Å²) >= 11 is 1.76. The van der Waals surface area contributed by atoms with Crippen LogP contribution in [0, 0.1) is 0 Å². The lowest BCUT2D eigenvalue weighted by molar-refractivity contribution is -0.139. The average molecular weight is 497 g/mol. The SMILES string of the molecule is CCC[C@@H](NC(=O)OCC1c2ccccc2-c2ccccc21)C(=O)NC1(CC(=O)O)CCSCC1. The Balaban J connectivity index is 1.40. The number of fused-ring (bicyclic) bond motifs is 3. The summed E-state index contributed by atoms with van der Waals surface area (Å²) in [5.74, 6) is 0.241. The molecule has 3 N–H and O–H groups in total. The minimum absolute atomic E-state index is 0.0647. The highest BCUT2D eigenvalue weighted by atomic mass is 32.2. The summed E-state index contributed by atoms with van der Waals surface area (Å²) in [6.07, 6.45) is 1.55. The van der Waals surface area contributed by atoms with E-state index in [1.165, 1.54) is 0 Å². The van der Waals surface area contributed by atoms with Gasteiger partial charge in [0, 0.05) is 5.92 Å². The van der Waals surface area contributed by atoms with Crippen molar-refractivity contribution in [1.29, 1.82) is 0 Å². The van der Waals surface area contributed by atoms with Crippen LogP contribution in [0.3, 0.4) is 0 Å². The van der Waals surface area contributed by atoms with Crippen LogP contribution in [-0.4, -0.2) is 52.8 Å². The molecule has 1 aliphatic heterocycles. The van der Waals surface area contributed by atoms with Gasteiger partial charge in [-0.15, -0.1) is 0 Å². The monoisotopic (exact) mass is 496 g/mol. The fourth-order valence-electron chi connectivity index (χ4n) is 5.09. The van der Waals surface area contributed by atoms with Crippen molar-refractivity contribution in [3.63, 3.8) is 0 Å². The molecular formula is C27H32N2O5S. The first-order valence-electron chi connectivity index (χ1n) is 12.2. The molecule has 186 valence electrons. The highest BCUT2D eigenvalue weighted by Crippen LogP contribution is 2.44. The number of rotatable bonds is 9. The van der Waals surface area contributed by atoms with Crippen molar-refractivity contribution >= 4 is 29.7 Å². The second-order valence-corrected chi connectivity index (χ2v) is 10.5. The van der Waals surface area contributed by atoms with Crippen LogP contribution in [0.1, 0.15) is 56.1 Å². The van der Waals surface area contributed by atoms with Crippen LogP contribution in [0.4, 0.5) is 4.79 Å². The number of carboxylic acids is 1. The molecule has 8 heteroatoms. The zero-order valence-electron chi connectivity index (χ0n) is 19.9. The van der Waals surface area contributed by atoms with Gasteiger partial charge in [0.2, 0.25) is 5.91 Å². The minimum Gasteiger partial charge on any atom is -0.481 e. The Bertz CT molecular complexity index is 1040. The number of hydrogen-bond donors (Lipinski definition) is 3. The lowest BCUT2D eigenvalue weighted by Gasteiger charge is -2.37. The Hall–Kier alpha value is -3.00. The van der Waals surface area contributed by atoms with E-state index in [2.05, 4.69) is 34.9 Å². The molecule has 35 heavy (non-hydrogen) atoms. The van der Waals surface area contributed by atoms with Crippen molar-refractivity contribution < 1.29 is 24.2 Å². The molecule has 2 aromatic rings. The number of ether oxygens (including phenoxy) is 1. The van der Waals surface area contributed by atoms with Gasteiger partial charge in [0.05, 0.1) is 12.0 Å². The van der Waals surface area contributed by atoms with Gasteiger partial charge in [-0.1, -0.05) is 61.9 Å². The first kappa shape index (κ1) is 25.1. The van der Waals surface area contributed by atoms with Crippen molar-refractivity contribution in [1.82, 2.24) is 10.6 Å². The number of benzene rings is 2. The zero-order chi connectivity index (χ0) is 24.8. The molecule has 2 aromatic carbocycles. The Morgan fingerprint density at radius 1 is 1.06 bits per heavy atom. The van der Waals surface area contributed by atoms with Crippen LogP contribution in [0.15, 0.2) is 48.5 Å². The highest BCUT2D eigenvalue weighted by molar-refractivity contribution is 7.99. The molecule has 1 aliphatic carbocycles. The number of carboxylic acid groups (broad SMARTS) is 1. The second-order valence-electron chi connectivity index (χ2n) is 9.26. The predicted molar refractivity (Wildman–Crippen MR) is 137 cm³/mol. The topological polar surface area (TPSA) is 105 Å². The number of alkyl carbamates (subject to hydrolysis) is 1. The minimum atomic E-state index is -0.936. The first-order valence-corrected chi connectivity index (χ1v) is 13.3. The number of amides is 2. The van der Waals surface area contributed by atoms with Gasteiger partial charge in [0.25, 0.3) is 0 Å². The molecule has 0 spiro atoms. The van der Waals surface area contributed by atoms with E-state index in [4.69, 9.17) is 4.74 Å². The van der Waals surface area contributed by atoms with Crippen LogP contribution < -0.4 is 10.6 Å². The summed E-state index contributed by atoms with van der Waals surface area (Å²) in [4.78, 5) is 37.3. The molecule has 1 fully saturated rings. The molecule has 0 aromatic heterocycles. The smallest absolute Gasteiger partial charge is 0.407 e. The van der Waals surface area contributed by atoms with Crippen molar-refractivity contribution in [3.8, 4) is 11.1 Å². The first-order chi connectivity index (χ1) is 16.9. The lowest BCUT2D eigenvalue weighted by atomic mass is 9.88. The molecule has 2 amide bonds. The van der Waals surface area contributed by atoms with E-state index in [0.29, 0.717) is 25.7 Å². The van der Waals surface area contributed by atoms with Crippen LogP contribution >= 0.6 is 11.8 Å². The number of aliphatic carboxylic acids is 1. The standard InChI is InChI=1S/C27H32N2O5S/c1-2-7-23(25(32)29-27(16-24(30)31)12-14-35-15-13-27)28-26(33)34-17-22-20-10-5-3-8-18(20)19-9-4-6-11-21(19)22/h3-6,8-11,22-23H,2,7,12-17H2,1H3,(H,28,33)(H,29,32)(H,30,31)/t23-/m1/s1. The maximum absolute atomic E-state index is 13.1. The van der Waals surface area contributed by atoms with E-state index in [1.54, 1.807) is 11.8 Å². The molecule has 0 bridgehead atoms. The van der Waals surface area contributed by atoms with Gasteiger partial charge in [-0.25, -0.2) is 4.79 Å². The van der Waals surface area contributed by atoms with Gasteiger partial charge in [-0.2, -0.15) is 11.8 Å². The number of carbonyl (C=O) groups excluding carboxylic acids is 2. The van der Waals surface area contributed by atoms with E-state index in [1.807, 2.05) is 31.2 Å². The van der Waals surface area contributed by atoms with E-state index >= 15 is 0 Å². The number of hydrogen-bond acceptors (Lipinski definition) is 5. The molecule has 4 rings (SSSR count). The third-order valence-corrected chi connectivity index (χ3v) is 7.84. The highest BCUT2D eigenvalue weighted by Gasteiger charge is 2.38. The predicted octanol–water partition coefficient (Wildman–Crippen LogP) is 4.55. The fraction of sp³-hybridized carbons (Fsp3) is 0.444. The summed E-state index contributed by atoms with van der Waals surface area (Å²) in [6.45, 7) is 2.10. The van der Waals surface area contributed by atoms with Crippen LogP contribution in [-0.2, 0) is 14.3 Å². The van der Waals surface area contributed by atoms with Crippen LogP contribution in [0.2, 0.25) is 0 Å². The molecule has 0 unspecified atom stereocenters. The molecule has 7 nitrogen and oxygen atoms in total. The van der Waals surface area contributed by atoms with Crippen molar-refractivity contribution in [2.45, 2.75) is 56.5 Å². The van der Waals surface area contributed by atoms with Gasteiger partial charge in [0.15, 0.2) is 0 Å². The normalized spacial score (nSPS) is 17.1. The second kappa shape index (κ2) is 11.2. The molecule has 1 heterocycles. The summed E-state index contributed by atoms with van der Waals surface area (Å²) in [7, 11) is 0. The summed E-state index contributed by atoms with van der Waals surface area (Å²) in [5, 5.41) is 15.1. The van der Waals surface area contributed by atoms with Gasteiger partial charge < -0.3 is 20.5 Å². The van der Waals surface area contributed by atoms with Crippen LogP contribution in [0.5, 0.6) is 0 Å². The van der Waals surface area contributed by atoms with E-state index in [0.717, 1.165) is 33.8 Å². The van der Waals surface area contributed by atoms with Crippen molar-refractivity contribution in [3.05, 3.63) is 59.7 Å². The molecule has 0 saturated carbocycles. The zero-order valence-corrected chi connectivity index (χ0v) is 20.7. The lowest BCUT2D eigenvalue weighted by Crippen LogP contribution is -2.57. The third-order valence-electron chi connectivity index (χ3n) is 6.86. The number of carbonyl (C=O) groups is 3. The quantitative estimate of drug-likeness (QED) is 0.470.